The third-order valence-electron chi connectivity index (χ3n) is 5.87. The summed E-state index contributed by atoms with van der Waals surface area (Å²) in [7, 11) is 0. The fraction of sp³-hybridized carbons (Fsp3) is 0.240. The number of rotatable bonds is 7. The second-order valence-corrected chi connectivity index (χ2v) is 8.53. The van der Waals surface area contributed by atoms with Crippen LogP contribution in [0.4, 0.5) is 22.0 Å². The number of carbonyl (C=O) groups is 2. The summed E-state index contributed by atoms with van der Waals surface area (Å²) >= 11 is 6.07. The Morgan fingerprint density at radius 3 is 2.32 bits per heavy atom. The number of urea groups is 1. The molecule has 1 aliphatic rings. The van der Waals surface area contributed by atoms with Crippen molar-refractivity contribution < 1.29 is 19.4 Å². The van der Waals surface area contributed by atoms with Gasteiger partial charge in [-0.2, -0.15) is 0 Å². The van der Waals surface area contributed by atoms with Crippen molar-refractivity contribution in [2.24, 2.45) is 5.41 Å². The standard InChI is InChI=1S/C25H25ClN4O4/c26-20-3-1-2-4-21(20)30-24(33)29-19-8-5-17(6-9-19)18-7-10-22(27-15-18)28-16-25(23(31)32)11-13-34-14-12-25/h1-10,15H,11-14,16H2,(H,27,28)(H,31,32)(H2,29,30,33). The van der Waals surface area contributed by atoms with Crippen molar-refractivity contribution in [1.29, 1.82) is 0 Å². The summed E-state index contributed by atoms with van der Waals surface area (Å²) in [6.07, 6.45) is 2.68. The van der Waals surface area contributed by atoms with Gasteiger partial charge in [0, 0.05) is 37.2 Å². The fourth-order valence-electron chi connectivity index (χ4n) is 3.75. The maximum Gasteiger partial charge on any atom is 0.323 e. The number of benzene rings is 2. The number of carboxylic acids is 1. The summed E-state index contributed by atoms with van der Waals surface area (Å²) in [5.74, 6) is -0.195. The molecule has 0 radical (unpaired) electrons. The summed E-state index contributed by atoms with van der Waals surface area (Å²) < 4.78 is 5.31. The number of hydrogen-bond donors (Lipinski definition) is 4. The quantitative estimate of drug-likeness (QED) is 0.363. The minimum Gasteiger partial charge on any atom is -0.481 e. The first-order valence-corrected chi connectivity index (χ1v) is 11.3. The average Bonchev–Trinajstić information content (AvgIpc) is 2.85. The van der Waals surface area contributed by atoms with Gasteiger partial charge in [0.15, 0.2) is 0 Å². The summed E-state index contributed by atoms with van der Waals surface area (Å²) in [6, 6.07) is 17.7. The van der Waals surface area contributed by atoms with E-state index in [0.717, 1.165) is 11.1 Å². The van der Waals surface area contributed by atoms with E-state index in [4.69, 9.17) is 16.3 Å². The average molecular weight is 481 g/mol. The summed E-state index contributed by atoms with van der Waals surface area (Å²) in [5.41, 5.74) is 2.16. The Labute approximate surface area is 202 Å². The Morgan fingerprint density at radius 2 is 1.68 bits per heavy atom. The molecule has 0 spiro atoms. The van der Waals surface area contributed by atoms with Gasteiger partial charge in [0.05, 0.1) is 16.1 Å². The molecule has 0 aliphatic carbocycles. The van der Waals surface area contributed by atoms with Crippen LogP contribution in [-0.4, -0.2) is 41.8 Å². The Bertz CT molecular complexity index is 1150. The zero-order valence-electron chi connectivity index (χ0n) is 18.4. The van der Waals surface area contributed by atoms with Gasteiger partial charge in [-0.3, -0.25) is 4.79 Å². The lowest BCUT2D eigenvalue weighted by atomic mass is 9.80. The zero-order valence-corrected chi connectivity index (χ0v) is 19.1. The SMILES string of the molecule is O=C(Nc1ccc(-c2ccc(NCC3(C(=O)O)CCOCC3)nc2)cc1)Nc1ccccc1Cl. The molecule has 4 rings (SSSR count). The van der Waals surface area contributed by atoms with E-state index in [1.165, 1.54) is 0 Å². The number of aromatic nitrogens is 1. The highest BCUT2D eigenvalue weighted by Gasteiger charge is 2.40. The van der Waals surface area contributed by atoms with Crippen molar-refractivity contribution in [2.75, 3.05) is 35.7 Å². The molecule has 2 amide bonds. The predicted molar refractivity (Wildman–Crippen MR) is 132 cm³/mol. The van der Waals surface area contributed by atoms with Gasteiger partial charge in [0.25, 0.3) is 0 Å². The van der Waals surface area contributed by atoms with Crippen LogP contribution in [0.25, 0.3) is 11.1 Å². The lowest BCUT2D eigenvalue weighted by Crippen LogP contribution is -2.42. The minimum atomic E-state index is -0.834. The normalized spacial score (nSPS) is 14.7. The number of halogens is 1. The Balaban J connectivity index is 1.34. The number of aliphatic carboxylic acids is 1. The molecule has 2 heterocycles. The van der Waals surface area contributed by atoms with Crippen LogP contribution in [0.5, 0.6) is 0 Å². The fourth-order valence-corrected chi connectivity index (χ4v) is 3.93. The van der Waals surface area contributed by atoms with E-state index in [0.29, 0.717) is 54.8 Å². The van der Waals surface area contributed by atoms with Gasteiger partial charge in [-0.05, 0) is 54.8 Å². The highest BCUT2D eigenvalue weighted by Crippen LogP contribution is 2.31. The smallest absolute Gasteiger partial charge is 0.323 e. The van der Waals surface area contributed by atoms with E-state index in [1.54, 1.807) is 42.6 Å². The summed E-state index contributed by atoms with van der Waals surface area (Å²) in [6.45, 7) is 1.20. The van der Waals surface area contributed by atoms with Crippen molar-refractivity contribution in [3.8, 4) is 11.1 Å². The molecule has 2 aromatic carbocycles. The molecule has 0 saturated carbocycles. The Kier molecular flexibility index (Phi) is 7.30. The van der Waals surface area contributed by atoms with Crippen molar-refractivity contribution in [3.05, 3.63) is 71.9 Å². The third-order valence-corrected chi connectivity index (χ3v) is 6.20. The van der Waals surface area contributed by atoms with E-state index in [9.17, 15) is 14.7 Å². The second-order valence-electron chi connectivity index (χ2n) is 8.12. The first kappa shape index (κ1) is 23.5. The molecule has 3 aromatic rings. The van der Waals surface area contributed by atoms with Gasteiger partial charge >= 0.3 is 12.0 Å². The van der Waals surface area contributed by atoms with E-state index in [1.807, 2.05) is 24.3 Å². The topological polar surface area (TPSA) is 113 Å². The number of carboxylic acid groups (broad SMARTS) is 1. The maximum absolute atomic E-state index is 12.2. The van der Waals surface area contributed by atoms with Gasteiger partial charge < -0.3 is 25.8 Å². The molecular formula is C25H25ClN4O4. The number of nitrogens with zero attached hydrogens (tertiary/aromatic N) is 1. The molecule has 1 aromatic heterocycles. The molecular weight excluding hydrogens is 456 g/mol. The first-order chi connectivity index (χ1) is 16.4. The van der Waals surface area contributed by atoms with Crippen molar-refractivity contribution >= 4 is 40.8 Å². The van der Waals surface area contributed by atoms with Crippen molar-refractivity contribution in [2.45, 2.75) is 12.8 Å². The number of ether oxygens (including phenoxy) is 1. The molecule has 176 valence electrons. The van der Waals surface area contributed by atoms with Gasteiger partial charge in [-0.1, -0.05) is 35.9 Å². The van der Waals surface area contributed by atoms with Crippen LogP contribution >= 0.6 is 11.6 Å². The lowest BCUT2D eigenvalue weighted by Gasteiger charge is -2.33. The summed E-state index contributed by atoms with van der Waals surface area (Å²) in [4.78, 5) is 28.4. The van der Waals surface area contributed by atoms with Gasteiger partial charge in [0.2, 0.25) is 0 Å². The first-order valence-electron chi connectivity index (χ1n) is 10.9. The Hall–Kier alpha value is -3.62. The molecule has 34 heavy (non-hydrogen) atoms. The highest BCUT2D eigenvalue weighted by molar-refractivity contribution is 6.33. The van der Waals surface area contributed by atoms with Crippen LogP contribution < -0.4 is 16.0 Å². The van der Waals surface area contributed by atoms with Crippen LogP contribution in [0.1, 0.15) is 12.8 Å². The molecule has 1 aliphatic heterocycles. The molecule has 1 saturated heterocycles. The number of hydrogen-bond acceptors (Lipinski definition) is 5. The van der Waals surface area contributed by atoms with Crippen LogP contribution in [0, 0.1) is 5.41 Å². The largest absolute Gasteiger partial charge is 0.481 e. The van der Waals surface area contributed by atoms with Gasteiger partial charge in [-0.15, -0.1) is 0 Å². The Morgan fingerprint density at radius 1 is 0.971 bits per heavy atom. The number of carbonyl (C=O) groups excluding carboxylic acids is 1. The van der Waals surface area contributed by atoms with Crippen LogP contribution in [-0.2, 0) is 9.53 Å². The second kappa shape index (κ2) is 10.5. The number of para-hydroxylation sites is 1. The zero-order chi connectivity index (χ0) is 24.0. The van der Waals surface area contributed by atoms with E-state index < -0.39 is 11.4 Å². The van der Waals surface area contributed by atoms with Gasteiger partial charge in [-0.25, -0.2) is 9.78 Å². The minimum absolute atomic E-state index is 0.300. The van der Waals surface area contributed by atoms with Crippen LogP contribution in [0.2, 0.25) is 5.02 Å². The van der Waals surface area contributed by atoms with E-state index >= 15 is 0 Å². The van der Waals surface area contributed by atoms with Crippen LogP contribution in [0.3, 0.4) is 0 Å². The maximum atomic E-state index is 12.2. The molecule has 8 nitrogen and oxygen atoms in total. The molecule has 9 heteroatoms. The predicted octanol–water partition coefficient (Wildman–Crippen LogP) is 5.34. The number of nitrogens with one attached hydrogen (secondary N) is 3. The highest BCUT2D eigenvalue weighted by atomic mass is 35.5. The third kappa shape index (κ3) is 5.65. The van der Waals surface area contributed by atoms with Gasteiger partial charge in [0.1, 0.15) is 5.82 Å². The van der Waals surface area contributed by atoms with E-state index in [2.05, 4.69) is 20.9 Å². The molecule has 1 fully saturated rings. The van der Waals surface area contributed by atoms with Crippen LogP contribution in [0.15, 0.2) is 66.9 Å². The number of anilines is 3. The monoisotopic (exact) mass is 480 g/mol. The van der Waals surface area contributed by atoms with E-state index in [-0.39, 0.29) is 6.03 Å². The molecule has 4 N–H and O–H groups in total. The molecule has 0 unspecified atom stereocenters. The molecule has 0 atom stereocenters. The summed E-state index contributed by atoms with van der Waals surface area (Å²) in [5, 5.41) is 18.8. The van der Waals surface area contributed by atoms with Crippen molar-refractivity contribution in [3.63, 3.8) is 0 Å². The lowest BCUT2D eigenvalue weighted by molar-refractivity contribution is -0.153. The number of amides is 2. The van der Waals surface area contributed by atoms with Crippen molar-refractivity contribution in [1.82, 2.24) is 4.98 Å². The molecule has 0 bridgehead atoms. The number of pyridine rings is 1.